The normalized spacial score (nSPS) is 10.8. The Morgan fingerprint density at radius 3 is 1.95 bits per heavy atom. The first-order valence-corrected chi connectivity index (χ1v) is 12.6. The van der Waals surface area contributed by atoms with Crippen LogP contribution in [0.25, 0.3) is 38.9 Å². The summed E-state index contributed by atoms with van der Waals surface area (Å²) in [6, 6.07) is 20.9. The van der Waals surface area contributed by atoms with E-state index in [0.717, 1.165) is 33.8 Å². The van der Waals surface area contributed by atoms with Crippen LogP contribution in [-0.2, 0) is 0 Å². The van der Waals surface area contributed by atoms with Crippen molar-refractivity contribution in [2.75, 3.05) is 28.4 Å². The average molecular weight is 534 g/mol. The van der Waals surface area contributed by atoms with E-state index in [1.165, 1.54) is 11.3 Å². The summed E-state index contributed by atoms with van der Waals surface area (Å²) < 4.78 is 24.0. The maximum absolute atomic E-state index is 6.07. The van der Waals surface area contributed by atoms with E-state index < -0.39 is 0 Å². The molecule has 0 spiro atoms. The molecule has 7 nitrogen and oxygen atoms in total. The Morgan fingerprint density at radius 2 is 1.32 bits per heavy atom. The number of benzene rings is 3. The van der Waals surface area contributed by atoms with Gasteiger partial charge in [-0.2, -0.15) is 5.10 Å². The molecule has 0 fully saturated rings. The van der Waals surface area contributed by atoms with E-state index in [1.807, 2.05) is 76.8 Å². The first-order chi connectivity index (χ1) is 18.0. The van der Waals surface area contributed by atoms with E-state index in [0.29, 0.717) is 33.2 Å². The second-order valence-corrected chi connectivity index (χ2v) is 9.25. The summed E-state index contributed by atoms with van der Waals surface area (Å²) in [5.74, 6) is 2.70. The van der Waals surface area contributed by atoms with Gasteiger partial charge >= 0.3 is 0 Å². The van der Waals surface area contributed by atoms with Crippen molar-refractivity contribution in [3.8, 4) is 61.9 Å². The third kappa shape index (κ3) is 4.85. The van der Waals surface area contributed by atoms with Gasteiger partial charge in [0.25, 0.3) is 0 Å². The lowest BCUT2D eigenvalue weighted by molar-refractivity contribution is 0.395. The summed E-state index contributed by atoms with van der Waals surface area (Å²) in [6.07, 6.45) is 0. The third-order valence-corrected chi connectivity index (χ3v) is 6.96. The van der Waals surface area contributed by atoms with Gasteiger partial charge in [0.05, 0.1) is 45.5 Å². The molecule has 0 saturated carbocycles. The molecule has 0 aliphatic heterocycles. The van der Waals surface area contributed by atoms with E-state index >= 15 is 0 Å². The van der Waals surface area contributed by atoms with Gasteiger partial charge in [-0.15, -0.1) is 11.3 Å². The van der Waals surface area contributed by atoms with Crippen LogP contribution in [0.5, 0.6) is 23.0 Å². The molecular formula is C28H24ClN3O4S. The van der Waals surface area contributed by atoms with Crippen LogP contribution in [-0.4, -0.2) is 43.2 Å². The van der Waals surface area contributed by atoms with Crippen molar-refractivity contribution in [1.29, 1.82) is 0 Å². The van der Waals surface area contributed by atoms with E-state index in [2.05, 4.69) is 0 Å². The van der Waals surface area contributed by atoms with Crippen molar-refractivity contribution >= 4 is 22.9 Å². The molecule has 9 heteroatoms. The lowest BCUT2D eigenvalue weighted by atomic mass is 10.1. The molecule has 0 bridgehead atoms. The average Bonchev–Trinajstić information content (AvgIpc) is 3.60. The highest BCUT2D eigenvalue weighted by molar-refractivity contribution is 7.12. The number of aromatic nitrogens is 3. The quantitative estimate of drug-likeness (QED) is 0.213. The number of hydrogen-bond acceptors (Lipinski definition) is 7. The number of rotatable bonds is 8. The molecule has 0 aliphatic carbocycles. The highest BCUT2D eigenvalue weighted by Gasteiger charge is 2.21. The minimum absolute atomic E-state index is 0.651. The van der Waals surface area contributed by atoms with Gasteiger partial charge < -0.3 is 18.9 Å². The Labute approximate surface area is 223 Å². The van der Waals surface area contributed by atoms with E-state index in [1.54, 1.807) is 28.4 Å². The molecule has 5 aromatic rings. The maximum atomic E-state index is 6.07. The predicted molar refractivity (Wildman–Crippen MR) is 147 cm³/mol. The summed E-state index contributed by atoms with van der Waals surface area (Å²) in [5, 5.41) is 8.35. The van der Waals surface area contributed by atoms with Crippen LogP contribution in [0.2, 0.25) is 5.02 Å². The van der Waals surface area contributed by atoms with Crippen LogP contribution in [0.1, 0.15) is 0 Å². The number of ether oxygens (including phenoxy) is 4. The molecule has 3 aromatic carbocycles. The molecule has 0 unspecified atom stereocenters. The van der Waals surface area contributed by atoms with Gasteiger partial charge in [-0.25, -0.2) is 9.67 Å². The second-order valence-electron chi connectivity index (χ2n) is 7.98. The zero-order chi connectivity index (χ0) is 25.9. The topological polar surface area (TPSA) is 67.6 Å². The minimum Gasteiger partial charge on any atom is -0.497 e. The summed E-state index contributed by atoms with van der Waals surface area (Å²) in [7, 11) is 6.51. The Bertz CT molecular complexity index is 1550. The smallest absolute Gasteiger partial charge is 0.211 e. The fourth-order valence-electron chi connectivity index (χ4n) is 3.99. The van der Waals surface area contributed by atoms with Crippen LogP contribution < -0.4 is 18.9 Å². The lowest BCUT2D eigenvalue weighted by Gasteiger charge is -2.11. The van der Waals surface area contributed by atoms with Gasteiger partial charge in [0, 0.05) is 39.2 Å². The SMILES string of the molecule is COc1ccc(-c2cc(-c3ccc(OC)cc3OC)n(-c3nc(-c4ccc(Cl)cc4)cs3)n2)c(OC)c1. The van der Waals surface area contributed by atoms with Gasteiger partial charge in [-0.1, -0.05) is 23.7 Å². The summed E-state index contributed by atoms with van der Waals surface area (Å²) in [4.78, 5) is 4.89. The Morgan fingerprint density at radius 1 is 0.703 bits per heavy atom. The van der Waals surface area contributed by atoms with Gasteiger partial charge in [0.1, 0.15) is 23.0 Å². The number of hydrogen-bond donors (Lipinski definition) is 0. The summed E-state index contributed by atoms with van der Waals surface area (Å²) >= 11 is 7.57. The molecule has 2 heterocycles. The van der Waals surface area contributed by atoms with Crippen LogP contribution in [0.15, 0.2) is 72.1 Å². The number of nitrogens with zero attached hydrogens (tertiary/aromatic N) is 3. The van der Waals surface area contributed by atoms with Gasteiger partial charge in [0.15, 0.2) is 0 Å². The fraction of sp³-hybridized carbons (Fsp3) is 0.143. The highest BCUT2D eigenvalue weighted by atomic mass is 35.5. The Hall–Kier alpha value is -4.01. The molecule has 0 amide bonds. The standard InChI is InChI=1S/C28H24ClN3O4S/c1-33-19-9-11-21(26(13-19)35-3)23-15-25(22-12-10-20(34-2)14-27(22)36-4)32(31-23)28-30-24(16-37-28)17-5-7-18(29)8-6-17/h5-16H,1-4H3. The monoisotopic (exact) mass is 533 g/mol. The first-order valence-electron chi connectivity index (χ1n) is 11.3. The summed E-state index contributed by atoms with van der Waals surface area (Å²) in [5.41, 5.74) is 5.01. The van der Waals surface area contributed by atoms with Crippen molar-refractivity contribution in [2.24, 2.45) is 0 Å². The Kier molecular flexibility index (Phi) is 7.03. The molecule has 0 saturated heterocycles. The van der Waals surface area contributed by atoms with Crippen LogP contribution in [0.3, 0.4) is 0 Å². The van der Waals surface area contributed by atoms with Crippen molar-refractivity contribution in [2.45, 2.75) is 0 Å². The largest absolute Gasteiger partial charge is 0.497 e. The van der Waals surface area contributed by atoms with Crippen LogP contribution in [0.4, 0.5) is 0 Å². The molecule has 188 valence electrons. The zero-order valence-electron chi connectivity index (χ0n) is 20.7. The molecule has 5 rings (SSSR count). The van der Waals surface area contributed by atoms with Gasteiger partial charge in [-0.3, -0.25) is 0 Å². The minimum atomic E-state index is 0.651. The summed E-state index contributed by atoms with van der Waals surface area (Å²) in [6.45, 7) is 0. The Balaban J connectivity index is 1.68. The number of halogens is 1. The second kappa shape index (κ2) is 10.5. The molecule has 2 aromatic heterocycles. The predicted octanol–water partition coefficient (Wildman–Crippen LogP) is 7.02. The van der Waals surface area contributed by atoms with Crippen molar-refractivity contribution in [3.63, 3.8) is 0 Å². The molecule has 0 radical (unpaired) electrons. The van der Waals surface area contributed by atoms with Crippen molar-refractivity contribution < 1.29 is 18.9 Å². The van der Waals surface area contributed by atoms with Crippen LogP contribution in [0, 0.1) is 0 Å². The zero-order valence-corrected chi connectivity index (χ0v) is 22.3. The molecular weight excluding hydrogens is 510 g/mol. The fourth-order valence-corrected chi connectivity index (χ4v) is 4.91. The molecule has 0 atom stereocenters. The van der Waals surface area contributed by atoms with Crippen molar-refractivity contribution in [1.82, 2.24) is 14.8 Å². The van der Waals surface area contributed by atoms with E-state index in [4.69, 9.17) is 40.6 Å². The molecule has 37 heavy (non-hydrogen) atoms. The third-order valence-electron chi connectivity index (χ3n) is 5.89. The van der Waals surface area contributed by atoms with E-state index in [-0.39, 0.29) is 0 Å². The van der Waals surface area contributed by atoms with Gasteiger partial charge in [-0.05, 0) is 42.5 Å². The lowest BCUT2D eigenvalue weighted by Crippen LogP contribution is -2.00. The number of thiazole rings is 1. The first kappa shape index (κ1) is 24.7. The molecule has 0 N–H and O–H groups in total. The molecule has 0 aliphatic rings. The van der Waals surface area contributed by atoms with E-state index in [9.17, 15) is 0 Å². The van der Waals surface area contributed by atoms with Gasteiger partial charge in [0.2, 0.25) is 5.13 Å². The van der Waals surface area contributed by atoms with Crippen LogP contribution >= 0.6 is 22.9 Å². The number of methoxy groups -OCH3 is 4. The van der Waals surface area contributed by atoms with Crippen molar-refractivity contribution in [3.05, 3.63) is 77.1 Å². The highest BCUT2D eigenvalue weighted by Crippen LogP contribution is 2.40. The maximum Gasteiger partial charge on any atom is 0.211 e.